The van der Waals surface area contributed by atoms with Crippen LogP contribution < -0.4 is 15.5 Å². The summed E-state index contributed by atoms with van der Waals surface area (Å²) < 4.78 is 11.4. The topological polar surface area (TPSA) is 83.0 Å². The molecule has 1 aromatic heterocycles. The van der Waals surface area contributed by atoms with Crippen molar-refractivity contribution in [2.75, 3.05) is 53.7 Å². The number of nitrogens with one attached hydrogen (secondary N) is 2. The number of rotatable bonds is 7. The second-order valence-corrected chi connectivity index (χ2v) is 6.80. The fourth-order valence-electron chi connectivity index (χ4n) is 2.21. The van der Waals surface area contributed by atoms with E-state index in [9.17, 15) is 4.21 Å². The van der Waals surface area contributed by atoms with Crippen LogP contribution in [0.4, 0.5) is 17.8 Å². The van der Waals surface area contributed by atoms with Crippen LogP contribution in [0.5, 0.6) is 0 Å². The Labute approximate surface area is 128 Å². The van der Waals surface area contributed by atoms with Crippen molar-refractivity contribution in [2.24, 2.45) is 0 Å². The number of nitrogens with zero attached hydrogens (tertiary/aromatic N) is 4. The summed E-state index contributed by atoms with van der Waals surface area (Å²) in [6.07, 6.45) is 3.63. The molecule has 0 aromatic carbocycles. The summed E-state index contributed by atoms with van der Waals surface area (Å²) in [6.45, 7) is 4.51. The van der Waals surface area contributed by atoms with E-state index in [2.05, 4.69) is 30.5 Å². The van der Waals surface area contributed by atoms with Crippen LogP contribution in [0.1, 0.15) is 26.2 Å². The number of piperidine rings is 1. The Kier molecular flexibility index (Phi) is 6.16. The van der Waals surface area contributed by atoms with Crippen molar-refractivity contribution in [3.63, 3.8) is 0 Å². The molecule has 2 N–H and O–H groups in total. The zero-order valence-electron chi connectivity index (χ0n) is 12.8. The first-order valence-electron chi connectivity index (χ1n) is 7.50. The van der Waals surface area contributed by atoms with Gasteiger partial charge in [0.1, 0.15) is 0 Å². The van der Waals surface area contributed by atoms with Crippen molar-refractivity contribution in [1.29, 1.82) is 0 Å². The second-order valence-electron chi connectivity index (χ2n) is 4.94. The van der Waals surface area contributed by atoms with E-state index in [1.807, 2.05) is 6.92 Å². The zero-order chi connectivity index (χ0) is 15.1. The van der Waals surface area contributed by atoms with Crippen molar-refractivity contribution in [3.8, 4) is 0 Å². The van der Waals surface area contributed by atoms with Gasteiger partial charge >= 0.3 is 0 Å². The van der Waals surface area contributed by atoms with Gasteiger partial charge in [0.2, 0.25) is 17.8 Å². The van der Waals surface area contributed by atoms with E-state index in [4.69, 9.17) is 0 Å². The van der Waals surface area contributed by atoms with Gasteiger partial charge in [-0.3, -0.25) is 4.21 Å². The molecule has 2 heterocycles. The van der Waals surface area contributed by atoms with Gasteiger partial charge in [0.25, 0.3) is 0 Å². The molecule has 2 rings (SSSR count). The third kappa shape index (κ3) is 4.80. The molecule has 118 valence electrons. The van der Waals surface area contributed by atoms with Gasteiger partial charge in [-0.15, -0.1) is 0 Å². The van der Waals surface area contributed by atoms with Gasteiger partial charge in [-0.25, -0.2) is 0 Å². The standard InChI is InChI=1S/C13H24N6OS/c1-3-21(20)10-7-15-12-16-11(14-2)17-13(18-12)19-8-5-4-6-9-19/h3-10H2,1-2H3,(H2,14,15,16,17,18). The molecule has 1 aromatic rings. The first-order valence-corrected chi connectivity index (χ1v) is 8.99. The first-order chi connectivity index (χ1) is 10.2. The number of anilines is 3. The van der Waals surface area contributed by atoms with Crippen LogP contribution >= 0.6 is 0 Å². The van der Waals surface area contributed by atoms with E-state index in [0.29, 0.717) is 35.9 Å². The highest BCUT2D eigenvalue weighted by Gasteiger charge is 2.15. The molecule has 21 heavy (non-hydrogen) atoms. The number of hydrogen-bond acceptors (Lipinski definition) is 7. The fraction of sp³-hybridized carbons (Fsp3) is 0.769. The van der Waals surface area contributed by atoms with Crippen molar-refractivity contribution in [2.45, 2.75) is 26.2 Å². The molecular formula is C13H24N6OS. The van der Waals surface area contributed by atoms with Crippen LogP contribution in [0, 0.1) is 0 Å². The average Bonchev–Trinajstić information content (AvgIpc) is 2.55. The van der Waals surface area contributed by atoms with E-state index < -0.39 is 10.8 Å². The maximum absolute atomic E-state index is 11.4. The first kappa shape index (κ1) is 15.9. The molecule has 1 aliphatic heterocycles. The lowest BCUT2D eigenvalue weighted by Gasteiger charge is -2.26. The Morgan fingerprint density at radius 3 is 2.52 bits per heavy atom. The molecule has 1 aliphatic rings. The van der Waals surface area contributed by atoms with Gasteiger partial charge < -0.3 is 15.5 Å². The molecule has 1 unspecified atom stereocenters. The summed E-state index contributed by atoms with van der Waals surface area (Å²) in [5.41, 5.74) is 0. The molecule has 0 aliphatic carbocycles. The van der Waals surface area contributed by atoms with Crippen LogP contribution in [-0.2, 0) is 10.8 Å². The van der Waals surface area contributed by atoms with Gasteiger partial charge in [-0.1, -0.05) is 6.92 Å². The SMILES string of the molecule is CCS(=O)CCNc1nc(NC)nc(N2CCCCC2)n1. The maximum atomic E-state index is 11.4. The van der Waals surface area contributed by atoms with Crippen molar-refractivity contribution in [3.05, 3.63) is 0 Å². The highest BCUT2D eigenvalue weighted by atomic mass is 32.2. The molecule has 0 bridgehead atoms. The monoisotopic (exact) mass is 312 g/mol. The lowest BCUT2D eigenvalue weighted by molar-refractivity contribution is 0.568. The molecule has 1 saturated heterocycles. The zero-order valence-corrected chi connectivity index (χ0v) is 13.6. The summed E-state index contributed by atoms with van der Waals surface area (Å²) >= 11 is 0. The molecular weight excluding hydrogens is 288 g/mol. The molecule has 0 saturated carbocycles. The minimum Gasteiger partial charge on any atom is -0.357 e. The second kappa shape index (κ2) is 8.11. The van der Waals surface area contributed by atoms with Crippen LogP contribution in [0.25, 0.3) is 0 Å². The van der Waals surface area contributed by atoms with E-state index in [0.717, 1.165) is 13.1 Å². The molecule has 0 amide bonds. The van der Waals surface area contributed by atoms with Gasteiger partial charge in [0.15, 0.2) is 0 Å². The highest BCUT2D eigenvalue weighted by Crippen LogP contribution is 2.18. The van der Waals surface area contributed by atoms with Crippen molar-refractivity contribution < 1.29 is 4.21 Å². The van der Waals surface area contributed by atoms with Crippen molar-refractivity contribution >= 4 is 28.6 Å². The van der Waals surface area contributed by atoms with Crippen LogP contribution in [0.2, 0.25) is 0 Å². The third-order valence-electron chi connectivity index (χ3n) is 3.42. The van der Waals surface area contributed by atoms with Gasteiger partial charge in [0, 0.05) is 49.0 Å². The van der Waals surface area contributed by atoms with Crippen LogP contribution in [-0.4, -0.2) is 57.3 Å². The summed E-state index contributed by atoms with van der Waals surface area (Å²) in [4.78, 5) is 15.4. The summed E-state index contributed by atoms with van der Waals surface area (Å²) in [6, 6.07) is 0. The minimum absolute atomic E-state index is 0.544. The van der Waals surface area contributed by atoms with Gasteiger partial charge in [0.05, 0.1) is 0 Å². The summed E-state index contributed by atoms with van der Waals surface area (Å²) in [5.74, 6) is 3.11. The largest absolute Gasteiger partial charge is 0.357 e. The smallest absolute Gasteiger partial charge is 0.231 e. The Hall–Kier alpha value is -1.44. The van der Waals surface area contributed by atoms with Crippen LogP contribution in [0.3, 0.4) is 0 Å². The summed E-state index contributed by atoms with van der Waals surface area (Å²) in [7, 11) is 1.02. The van der Waals surface area contributed by atoms with Crippen molar-refractivity contribution in [1.82, 2.24) is 15.0 Å². The minimum atomic E-state index is -0.777. The quantitative estimate of drug-likeness (QED) is 0.779. The predicted octanol–water partition coefficient (Wildman–Crippen LogP) is 1.08. The predicted molar refractivity (Wildman–Crippen MR) is 87.5 cm³/mol. The molecule has 7 nitrogen and oxygen atoms in total. The Morgan fingerprint density at radius 2 is 1.86 bits per heavy atom. The Morgan fingerprint density at radius 1 is 1.14 bits per heavy atom. The lowest BCUT2D eigenvalue weighted by Crippen LogP contribution is -2.31. The third-order valence-corrected chi connectivity index (χ3v) is 4.72. The lowest BCUT2D eigenvalue weighted by atomic mass is 10.1. The normalized spacial score (nSPS) is 16.6. The van der Waals surface area contributed by atoms with E-state index in [1.165, 1.54) is 19.3 Å². The van der Waals surface area contributed by atoms with E-state index in [-0.39, 0.29) is 0 Å². The summed E-state index contributed by atoms with van der Waals surface area (Å²) in [5, 5.41) is 6.11. The van der Waals surface area contributed by atoms with E-state index in [1.54, 1.807) is 7.05 Å². The number of aromatic nitrogens is 3. The Balaban J connectivity index is 2.04. The number of hydrogen-bond donors (Lipinski definition) is 2. The average molecular weight is 312 g/mol. The van der Waals surface area contributed by atoms with E-state index >= 15 is 0 Å². The molecule has 0 radical (unpaired) electrons. The molecule has 0 spiro atoms. The van der Waals surface area contributed by atoms with Gasteiger partial charge in [-0.2, -0.15) is 15.0 Å². The van der Waals surface area contributed by atoms with Crippen LogP contribution in [0.15, 0.2) is 0 Å². The fourth-order valence-corrected chi connectivity index (χ4v) is 2.83. The molecule has 8 heteroatoms. The van der Waals surface area contributed by atoms with Gasteiger partial charge in [-0.05, 0) is 19.3 Å². The maximum Gasteiger partial charge on any atom is 0.231 e. The Bertz CT molecular complexity index is 478. The molecule has 1 atom stereocenters. The highest BCUT2D eigenvalue weighted by molar-refractivity contribution is 7.84. The molecule has 1 fully saturated rings.